The van der Waals surface area contributed by atoms with E-state index in [0.29, 0.717) is 13.1 Å². The molecule has 2 N–H and O–H groups in total. The third kappa shape index (κ3) is 4.15. The second-order valence-electron chi connectivity index (χ2n) is 4.82. The maximum atomic E-state index is 11.7. The highest BCUT2D eigenvalue weighted by Gasteiger charge is 2.35. The summed E-state index contributed by atoms with van der Waals surface area (Å²) in [5.41, 5.74) is 5.34. The molecule has 1 aliphatic heterocycles. The average molecular weight is 253 g/mol. The van der Waals surface area contributed by atoms with Crippen LogP contribution in [0.15, 0.2) is 0 Å². The Hall–Kier alpha value is -0.520. The molecule has 2 unspecified atom stereocenters. The van der Waals surface area contributed by atoms with Crippen molar-refractivity contribution in [3.8, 4) is 0 Å². The number of hydrogen-bond acceptors (Lipinski definition) is 4. The van der Waals surface area contributed by atoms with Gasteiger partial charge >= 0.3 is 6.09 Å². The van der Waals surface area contributed by atoms with Crippen LogP contribution in [0.25, 0.3) is 0 Å². The Labute approximate surface area is 103 Å². The van der Waals surface area contributed by atoms with Crippen molar-refractivity contribution < 1.29 is 14.3 Å². The Morgan fingerprint density at radius 1 is 1.38 bits per heavy atom. The number of likely N-dealkylation sites (tertiary alicyclic amines) is 1. The molecule has 0 bridgehead atoms. The number of carbonyl (C=O) groups excluding carboxylic acids is 1. The Balaban J connectivity index is 0.00000225. The van der Waals surface area contributed by atoms with Crippen molar-refractivity contribution in [1.82, 2.24) is 4.90 Å². The van der Waals surface area contributed by atoms with E-state index in [0.717, 1.165) is 0 Å². The minimum absolute atomic E-state index is 0. The lowest BCUT2D eigenvalue weighted by Crippen LogP contribution is -2.36. The normalized spacial score (nSPS) is 25.2. The van der Waals surface area contributed by atoms with Gasteiger partial charge in [-0.25, -0.2) is 4.79 Å². The molecule has 1 heterocycles. The largest absolute Gasteiger partial charge is 0.444 e. The van der Waals surface area contributed by atoms with E-state index in [2.05, 4.69) is 0 Å². The van der Waals surface area contributed by atoms with Crippen LogP contribution in [0.2, 0.25) is 0 Å². The van der Waals surface area contributed by atoms with Crippen molar-refractivity contribution in [3.05, 3.63) is 0 Å². The summed E-state index contributed by atoms with van der Waals surface area (Å²) in [5, 5.41) is 0. The van der Waals surface area contributed by atoms with Gasteiger partial charge in [0, 0.05) is 13.7 Å². The second-order valence-corrected chi connectivity index (χ2v) is 4.82. The molecule has 96 valence electrons. The number of halogens is 1. The summed E-state index contributed by atoms with van der Waals surface area (Å²) in [7, 11) is 1.60. The van der Waals surface area contributed by atoms with Gasteiger partial charge in [-0.2, -0.15) is 0 Å². The van der Waals surface area contributed by atoms with Crippen LogP contribution >= 0.6 is 12.4 Å². The van der Waals surface area contributed by atoms with E-state index in [1.807, 2.05) is 20.8 Å². The zero-order chi connectivity index (χ0) is 11.6. The van der Waals surface area contributed by atoms with Crippen LogP contribution < -0.4 is 5.73 Å². The second kappa shape index (κ2) is 5.70. The van der Waals surface area contributed by atoms with Crippen molar-refractivity contribution in [1.29, 1.82) is 0 Å². The topological polar surface area (TPSA) is 64.8 Å². The number of methoxy groups -OCH3 is 1. The molecule has 5 nitrogen and oxygen atoms in total. The van der Waals surface area contributed by atoms with E-state index in [1.54, 1.807) is 12.0 Å². The van der Waals surface area contributed by atoms with Crippen LogP contribution in [0.1, 0.15) is 20.8 Å². The molecule has 1 rings (SSSR count). The lowest BCUT2D eigenvalue weighted by molar-refractivity contribution is 0.0252. The highest BCUT2D eigenvalue weighted by atomic mass is 35.5. The highest BCUT2D eigenvalue weighted by molar-refractivity contribution is 5.85. The summed E-state index contributed by atoms with van der Waals surface area (Å²) in [5.74, 6) is 0. The fourth-order valence-electron chi connectivity index (χ4n) is 1.52. The first kappa shape index (κ1) is 15.5. The van der Waals surface area contributed by atoms with Gasteiger partial charge in [0.25, 0.3) is 0 Å². The van der Waals surface area contributed by atoms with Crippen molar-refractivity contribution in [3.63, 3.8) is 0 Å². The molecule has 6 heteroatoms. The predicted molar refractivity (Wildman–Crippen MR) is 63.8 cm³/mol. The number of hydrogen-bond donors (Lipinski definition) is 1. The molecule has 1 amide bonds. The summed E-state index contributed by atoms with van der Waals surface area (Å²) in [6.45, 7) is 6.53. The van der Waals surface area contributed by atoms with Crippen molar-refractivity contribution in [2.24, 2.45) is 5.73 Å². The molecule has 1 saturated heterocycles. The Morgan fingerprint density at radius 2 is 1.94 bits per heavy atom. The Morgan fingerprint density at radius 3 is 2.31 bits per heavy atom. The van der Waals surface area contributed by atoms with Crippen LogP contribution in [-0.2, 0) is 9.47 Å². The molecule has 0 aromatic carbocycles. The molecule has 0 spiro atoms. The maximum absolute atomic E-state index is 11.7. The lowest BCUT2D eigenvalue weighted by Gasteiger charge is -2.24. The molecule has 1 fully saturated rings. The summed E-state index contributed by atoms with van der Waals surface area (Å²) in [6, 6.07) is -0.123. The van der Waals surface area contributed by atoms with E-state index in [9.17, 15) is 4.79 Å². The summed E-state index contributed by atoms with van der Waals surface area (Å²) in [4.78, 5) is 13.2. The van der Waals surface area contributed by atoms with Gasteiger partial charge in [-0.15, -0.1) is 12.4 Å². The van der Waals surface area contributed by atoms with Crippen molar-refractivity contribution in [2.75, 3.05) is 20.2 Å². The van der Waals surface area contributed by atoms with Crippen LogP contribution in [0.3, 0.4) is 0 Å². The summed E-state index contributed by atoms with van der Waals surface area (Å²) < 4.78 is 10.4. The minimum atomic E-state index is -0.466. The quantitative estimate of drug-likeness (QED) is 0.756. The van der Waals surface area contributed by atoms with Crippen molar-refractivity contribution in [2.45, 2.75) is 38.5 Å². The van der Waals surface area contributed by atoms with E-state index >= 15 is 0 Å². The maximum Gasteiger partial charge on any atom is 0.410 e. The average Bonchev–Trinajstić information content (AvgIpc) is 2.43. The van der Waals surface area contributed by atoms with Crippen LogP contribution in [-0.4, -0.2) is 48.9 Å². The monoisotopic (exact) mass is 252 g/mol. The van der Waals surface area contributed by atoms with Gasteiger partial charge in [0.15, 0.2) is 0 Å². The number of amides is 1. The highest BCUT2D eigenvalue weighted by Crippen LogP contribution is 2.16. The van der Waals surface area contributed by atoms with Crippen LogP contribution in [0.5, 0.6) is 0 Å². The molecule has 0 aliphatic carbocycles. The molecular formula is C10H21ClN2O3. The van der Waals surface area contributed by atoms with Crippen LogP contribution in [0, 0.1) is 0 Å². The van der Waals surface area contributed by atoms with Gasteiger partial charge in [-0.1, -0.05) is 0 Å². The molecule has 0 aromatic rings. The number of nitrogens with zero attached hydrogens (tertiary/aromatic N) is 1. The third-order valence-electron chi connectivity index (χ3n) is 2.26. The zero-order valence-electron chi connectivity index (χ0n) is 10.2. The van der Waals surface area contributed by atoms with E-state index in [-0.39, 0.29) is 30.6 Å². The SMILES string of the molecule is COC1CN(C(=O)OC(C)(C)C)CC1N.Cl. The summed E-state index contributed by atoms with van der Waals surface area (Å²) >= 11 is 0. The standard InChI is InChI=1S/C10H20N2O3.ClH/c1-10(2,3)15-9(13)12-5-7(11)8(6-12)14-4;/h7-8H,5-6,11H2,1-4H3;1H. The number of nitrogens with two attached hydrogens (primary N) is 1. The van der Waals surface area contributed by atoms with Gasteiger partial charge < -0.3 is 20.1 Å². The molecule has 0 radical (unpaired) electrons. The van der Waals surface area contributed by atoms with Gasteiger partial charge in [-0.05, 0) is 20.8 Å². The minimum Gasteiger partial charge on any atom is -0.444 e. The number of ether oxygens (including phenoxy) is 2. The molecule has 16 heavy (non-hydrogen) atoms. The van der Waals surface area contributed by atoms with Gasteiger partial charge in [-0.3, -0.25) is 0 Å². The van der Waals surface area contributed by atoms with Gasteiger partial charge in [0.2, 0.25) is 0 Å². The van der Waals surface area contributed by atoms with Gasteiger partial charge in [0.1, 0.15) is 5.60 Å². The van der Waals surface area contributed by atoms with E-state index in [1.165, 1.54) is 0 Å². The van der Waals surface area contributed by atoms with Crippen LogP contribution in [0.4, 0.5) is 4.79 Å². The van der Waals surface area contributed by atoms with E-state index < -0.39 is 5.60 Å². The molecular weight excluding hydrogens is 232 g/mol. The smallest absolute Gasteiger partial charge is 0.410 e. The number of carbonyl (C=O) groups is 1. The number of rotatable bonds is 1. The van der Waals surface area contributed by atoms with Gasteiger partial charge in [0.05, 0.1) is 18.7 Å². The van der Waals surface area contributed by atoms with E-state index in [4.69, 9.17) is 15.2 Å². The summed E-state index contributed by atoms with van der Waals surface area (Å²) in [6.07, 6.45) is -0.407. The fourth-order valence-corrected chi connectivity index (χ4v) is 1.52. The predicted octanol–water partition coefficient (Wildman–Crippen LogP) is 1.00. The molecule has 0 saturated carbocycles. The Kier molecular flexibility index (Phi) is 5.52. The third-order valence-corrected chi connectivity index (χ3v) is 2.26. The molecule has 1 aliphatic rings. The zero-order valence-corrected chi connectivity index (χ0v) is 11.0. The first-order valence-corrected chi connectivity index (χ1v) is 5.10. The first-order valence-electron chi connectivity index (χ1n) is 5.10. The van der Waals surface area contributed by atoms with Crippen molar-refractivity contribution >= 4 is 18.5 Å². The molecule has 2 atom stereocenters. The first-order chi connectivity index (χ1) is 6.83. The molecule has 0 aromatic heterocycles. The fraction of sp³-hybridized carbons (Fsp3) is 0.900. The Bertz CT molecular complexity index is 243. The lowest BCUT2D eigenvalue weighted by atomic mass is 10.2.